The summed E-state index contributed by atoms with van der Waals surface area (Å²) < 4.78 is 0. The lowest BCUT2D eigenvalue weighted by atomic mass is 10.0. The Bertz CT molecular complexity index is 1230. The first-order chi connectivity index (χ1) is 15.1. The van der Waals surface area contributed by atoms with Gasteiger partial charge in [0.25, 0.3) is 16.8 Å². The van der Waals surface area contributed by atoms with Crippen molar-refractivity contribution in [2.24, 2.45) is 0 Å². The van der Waals surface area contributed by atoms with Crippen molar-refractivity contribution in [2.45, 2.75) is 12.5 Å². The normalized spacial score (nSPS) is 11.8. The number of hydrogen-bond donors (Lipinski definition) is 3. The standard InChI is InChI=1S/C21H18Cl2N4O5/c1-27(2)17-16(18(28)19(17)29)26-14(21(31)32)7-10-3-5-11(6-4-10)25-20(30)15-12(22)8-24-9-13(15)23/h3-6,8-9,14,26H,7H2,1-2H3,(H,25,30)(H,31,32)/t14-/m0/s1. The van der Waals surface area contributed by atoms with Crippen LogP contribution in [-0.4, -0.2) is 42.1 Å². The van der Waals surface area contributed by atoms with Gasteiger partial charge < -0.3 is 20.6 Å². The number of pyridine rings is 1. The Labute approximate surface area is 192 Å². The average molecular weight is 477 g/mol. The van der Waals surface area contributed by atoms with Crippen molar-refractivity contribution >= 4 is 52.1 Å². The lowest BCUT2D eigenvalue weighted by molar-refractivity contribution is -0.137. The summed E-state index contributed by atoms with van der Waals surface area (Å²) >= 11 is 12.0. The first kappa shape index (κ1) is 23.2. The van der Waals surface area contributed by atoms with Crippen LogP contribution in [0.5, 0.6) is 0 Å². The van der Waals surface area contributed by atoms with Gasteiger partial charge in [0, 0.05) is 38.6 Å². The quantitative estimate of drug-likeness (QED) is 0.422. The zero-order valence-corrected chi connectivity index (χ0v) is 18.5. The zero-order valence-electron chi connectivity index (χ0n) is 17.0. The fraction of sp³-hybridized carbons (Fsp3) is 0.190. The second-order valence-corrected chi connectivity index (χ2v) is 7.96. The molecule has 0 bridgehead atoms. The van der Waals surface area contributed by atoms with Crippen molar-refractivity contribution in [1.29, 1.82) is 0 Å². The molecule has 1 aromatic heterocycles. The van der Waals surface area contributed by atoms with Gasteiger partial charge in [0.05, 0.1) is 15.6 Å². The number of halogens is 2. The number of benzene rings is 1. The predicted octanol–water partition coefficient (Wildman–Crippen LogP) is 2.41. The highest BCUT2D eigenvalue weighted by molar-refractivity contribution is 6.40. The van der Waals surface area contributed by atoms with E-state index >= 15 is 0 Å². The van der Waals surface area contributed by atoms with Crippen molar-refractivity contribution in [3.8, 4) is 0 Å². The average Bonchev–Trinajstić information content (AvgIpc) is 2.73. The second-order valence-electron chi connectivity index (χ2n) is 7.14. The number of carbonyl (C=O) groups is 2. The maximum Gasteiger partial charge on any atom is 0.326 e. The molecule has 0 spiro atoms. The first-order valence-corrected chi connectivity index (χ1v) is 10.0. The second kappa shape index (κ2) is 9.37. The number of aliphatic carboxylic acids is 1. The van der Waals surface area contributed by atoms with Crippen LogP contribution in [0, 0.1) is 0 Å². The molecule has 9 nitrogen and oxygen atoms in total. The van der Waals surface area contributed by atoms with E-state index in [0.717, 1.165) is 0 Å². The molecule has 0 fully saturated rings. The van der Waals surface area contributed by atoms with Crippen LogP contribution in [0.15, 0.2) is 46.2 Å². The van der Waals surface area contributed by atoms with Gasteiger partial charge in [0.15, 0.2) is 0 Å². The third kappa shape index (κ3) is 4.74. The van der Waals surface area contributed by atoms with E-state index in [1.54, 1.807) is 38.4 Å². The largest absolute Gasteiger partial charge is 0.480 e. The fourth-order valence-electron chi connectivity index (χ4n) is 3.10. The van der Waals surface area contributed by atoms with Crippen molar-refractivity contribution in [1.82, 2.24) is 4.98 Å². The number of aromatic nitrogens is 1. The maximum atomic E-state index is 12.4. The van der Waals surface area contributed by atoms with Crippen LogP contribution in [0.1, 0.15) is 15.9 Å². The number of carbonyl (C=O) groups excluding carboxylic acids is 1. The van der Waals surface area contributed by atoms with Gasteiger partial charge in [-0.2, -0.15) is 0 Å². The summed E-state index contributed by atoms with van der Waals surface area (Å²) in [7, 11) is 3.19. The zero-order chi connectivity index (χ0) is 23.6. The van der Waals surface area contributed by atoms with Crippen LogP contribution in [0.3, 0.4) is 0 Å². The van der Waals surface area contributed by atoms with E-state index in [1.165, 1.54) is 17.3 Å². The molecule has 166 valence electrons. The smallest absolute Gasteiger partial charge is 0.326 e. The molecule has 1 heterocycles. The molecule has 0 radical (unpaired) electrons. The lowest BCUT2D eigenvalue weighted by Crippen LogP contribution is -2.44. The van der Waals surface area contributed by atoms with Crippen molar-refractivity contribution in [2.75, 3.05) is 29.6 Å². The summed E-state index contributed by atoms with van der Waals surface area (Å²) in [6, 6.07) is 5.33. The highest BCUT2D eigenvalue weighted by Crippen LogP contribution is 2.24. The van der Waals surface area contributed by atoms with Gasteiger partial charge in [0.1, 0.15) is 17.4 Å². The monoisotopic (exact) mass is 476 g/mol. The van der Waals surface area contributed by atoms with Crippen LogP contribution in [0.4, 0.5) is 17.1 Å². The number of hydrogen-bond acceptors (Lipinski definition) is 7. The summed E-state index contributed by atoms with van der Waals surface area (Å²) in [6.45, 7) is 0. The molecule has 1 amide bonds. The van der Waals surface area contributed by atoms with Crippen LogP contribution >= 0.6 is 23.2 Å². The molecule has 3 N–H and O–H groups in total. The molecule has 2 aromatic carbocycles. The minimum absolute atomic E-state index is 0.0117. The molecule has 11 heteroatoms. The van der Waals surface area contributed by atoms with Crippen LogP contribution in [-0.2, 0) is 11.2 Å². The Morgan fingerprint density at radius 1 is 1.06 bits per heavy atom. The molecule has 3 aromatic rings. The van der Waals surface area contributed by atoms with E-state index in [9.17, 15) is 24.3 Å². The van der Waals surface area contributed by atoms with E-state index in [0.29, 0.717) is 11.3 Å². The number of anilines is 3. The molecule has 0 aliphatic carbocycles. The molecule has 1 atom stereocenters. The minimum Gasteiger partial charge on any atom is -0.480 e. The molecule has 0 aliphatic rings. The Morgan fingerprint density at radius 2 is 1.66 bits per heavy atom. The molecule has 3 rings (SSSR count). The van der Waals surface area contributed by atoms with Gasteiger partial charge in [-0.25, -0.2) is 4.79 Å². The van der Waals surface area contributed by atoms with Crippen molar-refractivity contribution < 1.29 is 14.7 Å². The summed E-state index contributed by atoms with van der Waals surface area (Å²) in [5.41, 5.74) is -0.0992. The summed E-state index contributed by atoms with van der Waals surface area (Å²) in [4.78, 5) is 53.0. The molecule has 0 saturated carbocycles. The number of nitrogens with zero attached hydrogens (tertiary/aromatic N) is 2. The Hall–Kier alpha value is -3.43. The first-order valence-electron chi connectivity index (χ1n) is 9.29. The van der Waals surface area contributed by atoms with E-state index < -0.39 is 28.8 Å². The number of nitrogens with one attached hydrogen (secondary N) is 2. The third-order valence-corrected chi connectivity index (χ3v) is 5.25. The molecule has 32 heavy (non-hydrogen) atoms. The predicted molar refractivity (Wildman–Crippen MR) is 123 cm³/mol. The summed E-state index contributed by atoms with van der Waals surface area (Å²) in [5.74, 6) is -1.70. The van der Waals surface area contributed by atoms with E-state index in [-0.39, 0.29) is 33.4 Å². The van der Waals surface area contributed by atoms with E-state index in [4.69, 9.17) is 23.2 Å². The number of amides is 1. The molecule has 0 saturated heterocycles. The van der Waals surface area contributed by atoms with Gasteiger partial charge in [-0.1, -0.05) is 35.3 Å². The van der Waals surface area contributed by atoms with Crippen molar-refractivity contribution in [3.63, 3.8) is 0 Å². The lowest BCUT2D eigenvalue weighted by Gasteiger charge is -2.22. The molecular weight excluding hydrogens is 459 g/mol. The fourth-order valence-corrected chi connectivity index (χ4v) is 3.63. The maximum absolute atomic E-state index is 12.4. The third-order valence-electron chi connectivity index (χ3n) is 4.68. The number of carboxylic acids is 1. The Morgan fingerprint density at radius 3 is 2.19 bits per heavy atom. The number of rotatable bonds is 8. The Balaban J connectivity index is 1.72. The van der Waals surface area contributed by atoms with Crippen molar-refractivity contribution in [3.05, 3.63) is 78.3 Å². The summed E-state index contributed by atoms with van der Waals surface area (Å²) in [6.07, 6.45) is 2.65. The highest BCUT2D eigenvalue weighted by atomic mass is 35.5. The summed E-state index contributed by atoms with van der Waals surface area (Å²) in [5, 5.41) is 15.1. The van der Waals surface area contributed by atoms with Gasteiger partial charge in [-0.3, -0.25) is 19.4 Å². The van der Waals surface area contributed by atoms with E-state index in [1.807, 2.05) is 0 Å². The van der Waals surface area contributed by atoms with E-state index in [2.05, 4.69) is 15.6 Å². The topological polar surface area (TPSA) is 129 Å². The minimum atomic E-state index is -1.18. The van der Waals surface area contributed by atoms with Crippen LogP contribution in [0.2, 0.25) is 10.0 Å². The molecule has 0 aliphatic heterocycles. The Kier molecular flexibility index (Phi) is 6.81. The SMILES string of the molecule is CN(C)c1c(N[C@@H](Cc2ccc(NC(=O)c3c(Cl)cncc3Cl)cc2)C(=O)O)c(=O)c1=O. The number of carboxylic acid groups (broad SMARTS) is 1. The van der Waals surface area contributed by atoms with Crippen LogP contribution < -0.4 is 26.4 Å². The van der Waals surface area contributed by atoms with Gasteiger partial charge in [-0.15, -0.1) is 0 Å². The van der Waals surface area contributed by atoms with Crippen LogP contribution in [0.25, 0.3) is 0 Å². The van der Waals surface area contributed by atoms with Gasteiger partial charge >= 0.3 is 5.97 Å². The highest BCUT2D eigenvalue weighted by Gasteiger charge is 2.27. The molecular formula is C21H18Cl2N4O5. The van der Waals surface area contributed by atoms with Gasteiger partial charge in [0.2, 0.25) is 0 Å². The molecule has 0 unspecified atom stereocenters. The van der Waals surface area contributed by atoms with Gasteiger partial charge in [-0.05, 0) is 17.7 Å².